The number of carbonyl (C=O) groups excluding carboxylic acids is 1. The first-order valence-corrected chi connectivity index (χ1v) is 7.03. The van der Waals surface area contributed by atoms with Gasteiger partial charge in [-0.1, -0.05) is 25.1 Å². The summed E-state index contributed by atoms with van der Waals surface area (Å²) in [5.41, 5.74) is 2.08. The fraction of sp³-hybridized carbons (Fsp3) is 0.533. The van der Waals surface area contributed by atoms with E-state index in [1.165, 1.54) is 5.56 Å². The lowest BCUT2D eigenvalue weighted by Crippen LogP contribution is -2.44. The van der Waals surface area contributed by atoms with Crippen LogP contribution in [0.15, 0.2) is 24.3 Å². The van der Waals surface area contributed by atoms with Crippen molar-refractivity contribution in [3.63, 3.8) is 0 Å². The van der Waals surface area contributed by atoms with E-state index in [0.717, 1.165) is 38.0 Å². The first-order valence-electron chi connectivity index (χ1n) is 7.03. The molecule has 1 aliphatic heterocycles. The first-order chi connectivity index (χ1) is 9.19. The number of benzene rings is 1. The van der Waals surface area contributed by atoms with Gasteiger partial charge in [-0.3, -0.25) is 0 Å². The van der Waals surface area contributed by atoms with E-state index in [0.29, 0.717) is 6.04 Å². The average molecular weight is 261 g/mol. The lowest BCUT2D eigenvalue weighted by molar-refractivity contribution is 0.221. The van der Waals surface area contributed by atoms with Crippen molar-refractivity contribution in [2.75, 3.05) is 25.5 Å². The maximum atomic E-state index is 12.0. The number of urea groups is 1. The molecule has 1 fully saturated rings. The number of aryl methyl sites for hydroxylation is 1. The van der Waals surface area contributed by atoms with Gasteiger partial charge in [-0.15, -0.1) is 0 Å². The smallest absolute Gasteiger partial charge is 0.319 e. The number of likely N-dealkylation sites (tertiary alicyclic amines) is 1. The zero-order valence-electron chi connectivity index (χ0n) is 11.8. The van der Waals surface area contributed by atoms with Crippen molar-refractivity contribution in [1.82, 2.24) is 10.2 Å². The molecule has 0 radical (unpaired) electrons. The molecule has 4 nitrogen and oxygen atoms in total. The number of para-hydroxylation sites is 1. The third-order valence-corrected chi connectivity index (χ3v) is 3.70. The van der Waals surface area contributed by atoms with Crippen molar-refractivity contribution >= 4 is 11.7 Å². The van der Waals surface area contributed by atoms with E-state index in [1.807, 2.05) is 24.3 Å². The predicted molar refractivity (Wildman–Crippen MR) is 78.5 cm³/mol. The van der Waals surface area contributed by atoms with Gasteiger partial charge >= 0.3 is 6.03 Å². The highest BCUT2D eigenvalue weighted by molar-refractivity contribution is 5.90. The summed E-state index contributed by atoms with van der Waals surface area (Å²) in [6.07, 6.45) is 2.98. The van der Waals surface area contributed by atoms with Crippen LogP contribution in [-0.4, -0.2) is 37.1 Å². The quantitative estimate of drug-likeness (QED) is 0.878. The van der Waals surface area contributed by atoms with E-state index in [1.54, 1.807) is 0 Å². The van der Waals surface area contributed by atoms with Crippen LogP contribution in [0, 0.1) is 0 Å². The van der Waals surface area contributed by atoms with Crippen molar-refractivity contribution in [3.8, 4) is 0 Å². The van der Waals surface area contributed by atoms with Crippen LogP contribution in [-0.2, 0) is 6.42 Å². The number of carbonyl (C=O) groups is 1. The van der Waals surface area contributed by atoms with Gasteiger partial charge in [0.1, 0.15) is 0 Å². The SMILES string of the molecule is CCc1ccccc1NC(=O)NC1CCN(C)CC1. The van der Waals surface area contributed by atoms with Crippen molar-refractivity contribution in [2.24, 2.45) is 0 Å². The molecule has 0 unspecified atom stereocenters. The summed E-state index contributed by atoms with van der Waals surface area (Å²) in [6, 6.07) is 8.15. The van der Waals surface area contributed by atoms with E-state index in [4.69, 9.17) is 0 Å². The van der Waals surface area contributed by atoms with Crippen LogP contribution in [0.1, 0.15) is 25.3 Å². The normalized spacial score (nSPS) is 17.2. The van der Waals surface area contributed by atoms with Gasteiger partial charge in [-0.05, 0) is 51.0 Å². The van der Waals surface area contributed by atoms with Gasteiger partial charge < -0.3 is 15.5 Å². The Bertz CT molecular complexity index is 425. The van der Waals surface area contributed by atoms with Crippen molar-refractivity contribution in [2.45, 2.75) is 32.2 Å². The molecule has 2 amide bonds. The van der Waals surface area contributed by atoms with E-state index in [2.05, 4.69) is 29.5 Å². The Kier molecular flexibility index (Phi) is 4.80. The van der Waals surface area contributed by atoms with E-state index in [-0.39, 0.29) is 6.03 Å². The Labute approximate surface area is 115 Å². The highest BCUT2D eigenvalue weighted by Gasteiger charge is 2.18. The van der Waals surface area contributed by atoms with Gasteiger partial charge in [0.15, 0.2) is 0 Å². The Morgan fingerprint density at radius 1 is 1.32 bits per heavy atom. The lowest BCUT2D eigenvalue weighted by atomic mass is 10.1. The Hall–Kier alpha value is -1.55. The van der Waals surface area contributed by atoms with Crippen molar-refractivity contribution < 1.29 is 4.79 Å². The molecule has 0 aliphatic carbocycles. The summed E-state index contributed by atoms with van der Waals surface area (Å²) in [5.74, 6) is 0. The Morgan fingerprint density at radius 2 is 2.00 bits per heavy atom. The molecular formula is C15H23N3O. The van der Waals surface area contributed by atoms with Crippen molar-refractivity contribution in [3.05, 3.63) is 29.8 Å². The molecule has 0 atom stereocenters. The molecule has 1 aromatic rings. The fourth-order valence-corrected chi connectivity index (χ4v) is 2.45. The summed E-state index contributed by atoms with van der Waals surface area (Å²) in [5, 5.41) is 6.02. The number of rotatable bonds is 3. The zero-order chi connectivity index (χ0) is 13.7. The average Bonchev–Trinajstić information content (AvgIpc) is 2.42. The van der Waals surface area contributed by atoms with Crippen LogP contribution in [0.2, 0.25) is 0 Å². The van der Waals surface area contributed by atoms with Gasteiger partial charge in [0.2, 0.25) is 0 Å². The van der Waals surface area contributed by atoms with Crippen molar-refractivity contribution in [1.29, 1.82) is 0 Å². The molecule has 19 heavy (non-hydrogen) atoms. The first kappa shape index (κ1) is 13.9. The van der Waals surface area contributed by atoms with Crippen LogP contribution in [0.4, 0.5) is 10.5 Å². The second kappa shape index (κ2) is 6.57. The van der Waals surface area contributed by atoms with E-state index >= 15 is 0 Å². The van der Waals surface area contributed by atoms with Crippen LogP contribution in [0.5, 0.6) is 0 Å². The topological polar surface area (TPSA) is 44.4 Å². The number of amides is 2. The molecular weight excluding hydrogens is 238 g/mol. The highest BCUT2D eigenvalue weighted by atomic mass is 16.2. The number of hydrogen-bond acceptors (Lipinski definition) is 2. The molecule has 104 valence electrons. The maximum absolute atomic E-state index is 12.0. The van der Waals surface area contributed by atoms with E-state index < -0.39 is 0 Å². The molecule has 2 N–H and O–H groups in total. The molecule has 1 aromatic carbocycles. The number of anilines is 1. The molecule has 0 spiro atoms. The standard InChI is InChI=1S/C15H23N3O/c1-3-12-6-4-5-7-14(12)17-15(19)16-13-8-10-18(2)11-9-13/h4-7,13H,3,8-11H2,1-2H3,(H2,16,17,19). The molecule has 1 aliphatic rings. The van der Waals surface area contributed by atoms with Crippen LogP contribution >= 0.6 is 0 Å². The fourth-order valence-electron chi connectivity index (χ4n) is 2.45. The summed E-state index contributed by atoms with van der Waals surface area (Å²) >= 11 is 0. The molecule has 0 bridgehead atoms. The third-order valence-electron chi connectivity index (χ3n) is 3.70. The summed E-state index contributed by atoms with van der Waals surface area (Å²) < 4.78 is 0. The second-order valence-corrected chi connectivity index (χ2v) is 5.19. The molecule has 4 heteroatoms. The number of nitrogens with zero attached hydrogens (tertiary/aromatic N) is 1. The zero-order valence-corrected chi connectivity index (χ0v) is 11.8. The van der Waals surface area contributed by atoms with Crippen LogP contribution < -0.4 is 10.6 Å². The van der Waals surface area contributed by atoms with Gasteiger partial charge in [0.25, 0.3) is 0 Å². The van der Waals surface area contributed by atoms with Gasteiger partial charge in [0.05, 0.1) is 0 Å². The highest BCUT2D eigenvalue weighted by Crippen LogP contribution is 2.15. The largest absolute Gasteiger partial charge is 0.335 e. The van der Waals surface area contributed by atoms with Gasteiger partial charge in [-0.2, -0.15) is 0 Å². The number of piperidine rings is 1. The monoisotopic (exact) mass is 261 g/mol. The summed E-state index contributed by atoms with van der Waals surface area (Å²) in [4.78, 5) is 14.3. The molecule has 1 saturated heterocycles. The minimum atomic E-state index is -0.0875. The molecule has 0 saturated carbocycles. The minimum Gasteiger partial charge on any atom is -0.335 e. The van der Waals surface area contributed by atoms with Crippen LogP contribution in [0.3, 0.4) is 0 Å². The lowest BCUT2D eigenvalue weighted by Gasteiger charge is -2.29. The number of hydrogen-bond donors (Lipinski definition) is 2. The molecule has 1 heterocycles. The Balaban J connectivity index is 1.87. The van der Waals surface area contributed by atoms with Crippen LogP contribution in [0.25, 0.3) is 0 Å². The summed E-state index contributed by atoms with van der Waals surface area (Å²) in [6.45, 7) is 4.20. The predicted octanol–water partition coefficient (Wildman–Crippen LogP) is 2.46. The molecule has 0 aromatic heterocycles. The molecule has 2 rings (SSSR count). The minimum absolute atomic E-state index is 0.0875. The third kappa shape index (κ3) is 3.96. The van der Waals surface area contributed by atoms with E-state index in [9.17, 15) is 4.79 Å². The van der Waals surface area contributed by atoms with Gasteiger partial charge in [-0.25, -0.2) is 4.79 Å². The van der Waals surface area contributed by atoms with Gasteiger partial charge in [0, 0.05) is 11.7 Å². The second-order valence-electron chi connectivity index (χ2n) is 5.19. The number of nitrogens with one attached hydrogen (secondary N) is 2. The maximum Gasteiger partial charge on any atom is 0.319 e. The Morgan fingerprint density at radius 3 is 2.68 bits per heavy atom. The summed E-state index contributed by atoms with van der Waals surface area (Å²) in [7, 11) is 2.12.